The number of nitrogen functional groups attached to an aromatic ring is 1. The van der Waals surface area contributed by atoms with Crippen LogP contribution in [0, 0.1) is 0 Å². The maximum atomic E-state index is 12.9. The third-order valence-corrected chi connectivity index (χ3v) is 6.52. The number of benzene rings is 2. The van der Waals surface area contributed by atoms with Gasteiger partial charge in [0.1, 0.15) is 6.54 Å². The van der Waals surface area contributed by atoms with Crippen molar-refractivity contribution in [2.24, 2.45) is 0 Å². The second-order valence-corrected chi connectivity index (χ2v) is 8.96. The highest BCUT2D eigenvalue weighted by Gasteiger charge is 2.47. The second kappa shape index (κ2) is 7.48. The molecule has 1 aliphatic rings. The molecule has 12 heteroatoms. The van der Waals surface area contributed by atoms with Gasteiger partial charge in [-0.1, -0.05) is 18.2 Å². The van der Waals surface area contributed by atoms with E-state index < -0.39 is 32.2 Å². The smallest absolute Gasteiger partial charge is 0.397 e. The van der Waals surface area contributed by atoms with E-state index in [0.717, 1.165) is 17.0 Å². The number of anilines is 2. The van der Waals surface area contributed by atoms with Crippen LogP contribution in [0.3, 0.4) is 0 Å². The minimum absolute atomic E-state index is 0.0104. The Morgan fingerprint density at radius 1 is 1.03 bits per heavy atom. The molecule has 8 nitrogen and oxygen atoms in total. The number of aromatic nitrogens is 1. The number of hydrogen-bond acceptors (Lipinski definition) is 6. The van der Waals surface area contributed by atoms with Gasteiger partial charge in [-0.2, -0.15) is 13.2 Å². The molecule has 2 aromatic carbocycles. The molecule has 0 spiro atoms. The third kappa shape index (κ3) is 3.51. The number of rotatable bonds is 4. The zero-order valence-corrected chi connectivity index (χ0v) is 17.0. The van der Waals surface area contributed by atoms with Gasteiger partial charge < -0.3 is 10.6 Å². The first-order valence-corrected chi connectivity index (χ1v) is 10.6. The summed E-state index contributed by atoms with van der Waals surface area (Å²) in [5.74, 6) is -0.613. The van der Waals surface area contributed by atoms with Crippen molar-refractivity contribution in [2.45, 2.75) is 16.9 Å². The first kappa shape index (κ1) is 21.6. The first-order chi connectivity index (χ1) is 15.0. The molecule has 0 radical (unpaired) electrons. The number of fused-ring (bicyclic) bond motifs is 1. The Bertz CT molecular complexity index is 1340. The number of pyridine rings is 1. The van der Waals surface area contributed by atoms with E-state index >= 15 is 0 Å². The summed E-state index contributed by atoms with van der Waals surface area (Å²) in [5.41, 5.74) is 2.13. The Balaban J connectivity index is 1.61. The highest BCUT2D eigenvalue weighted by Crippen LogP contribution is 2.32. The van der Waals surface area contributed by atoms with E-state index in [1.54, 1.807) is 24.3 Å². The van der Waals surface area contributed by atoms with Crippen molar-refractivity contribution >= 4 is 44.1 Å². The van der Waals surface area contributed by atoms with E-state index in [9.17, 15) is 31.2 Å². The van der Waals surface area contributed by atoms with Crippen molar-refractivity contribution in [3.05, 3.63) is 60.3 Å². The Kier molecular flexibility index (Phi) is 5.04. The quantitative estimate of drug-likeness (QED) is 0.594. The van der Waals surface area contributed by atoms with Crippen molar-refractivity contribution in [1.82, 2.24) is 9.88 Å². The number of sulfone groups is 1. The minimum Gasteiger partial charge on any atom is -0.397 e. The molecule has 166 valence electrons. The van der Waals surface area contributed by atoms with Crippen LogP contribution in [0.15, 0.2) is 59.6 Å². The van der Waals surface area contributed by atoms with Crippen molar-refractivity contribution in [3.63, 3.8) is 0 Å². The molecular formula is C20H15F3N4O4S. The van der Waals surface area contributed by atoms with Gasteiger partial charge in [0.05, 0.1) is 34.5 Å². The second-order valence-electron chi connectivity index (χ2n) is 7.02. The zero-order valence-electron chi connectivity index (χ0n) is 16.2. The summed E-state index contributed by atoms with van der Waals surface area (Å²) < 4.78 is 61.2. The number of amides is 3. The SMILES string of the molecule is Nc1cnc2ccccc2c1CN1CC(=O)N(c2ccc(S(=O)(=O)C(F)(F)F)cc2)C1=O. The van der Waals surface area contributed by atoms with Crippen LogP contribution in [0.1, 0.15) is 5.56 Å². The van der Waals surface area contributed by atoms with Crippen molar-refractivity contribution in [2.75, 3.05) is 17.2 Å². The third-order valence-electron chi connectivity index (χ3n) is 5.02. The molecule has 0 bridgehead atoms. The molecule has 1 aliphatic heterocycles. The lowest BCUT2D eigenvalue weighted by molar-refractivity contribution is -0.116. The fourth-order valence-electron chi connectivity index (χ4n) is 3.42. The molecule has 1 saturated heterocycles. The molecule has 4 rings (SSSR count). The highest BCUT2D eigenvalue weighted by molar-refractivity contribution is 7.92. The maximum absolute atomic E-state index is 12.9. The first-order valence-electron chi connectivity index (χ1n) is 9.16. The Hall–Kier alpha value is -3.67. The van der Waals surface area contributed by atoms with Gasteiger partial charge in [0, 0.05) is 10.9 Å². The van der Waals surface area contributed by atoms with E-state index in [-0.39, 0.29) is 18.8 Å². The molecule has 32 heavy (non-hydrogen) atoms. The average molecular weight is 464 g/mol. The molecule has 0 saturated carbocycles. The number of nitrogens with two attached hydrogens (primary N) is 1. The van der Waals surface area contributed by atoms with Gasteiger partial charge in [-0.25, -0.2) is 18.1 Å². The van der Waals surface area contributed by atoms with Gasteiger partial charge in [-0.05, 0) is 30.3 Å². The topological polar surface area (TPSA) is 114 Å². The number of imide groups is 1. The van der Waals surface area contributed by atoms with Crippen LogP contribution >= 0.6 is 0 Å². The van der Waals surface area contributed by atoms with Crippen LogP contribution in [0.5, 0.6) is 0 Å². The predicted octanol–water partition coefficient (Wildman–Crippen LogP) is 3.08. The van der Waals surface area contributed by atoms with E-state index in [0.29, 0.717) is 34.3 Å². The fourth-order valence-corrected chi connectivity index (χ4v) is 4.18. The normalized spacial score (nSPS) is 15.1. The van der Waals surface area contributed by atoms with E-state index in [1.165, 1.54) is 11.1 Å². The van der Waals surface area contributed by atoms with E-state index in [1.807, 2.05) is 0 Å². The van der Waals surface area contributed by atoms with E-state index in [2.05, 4.69) is 4.98 Å². The highest BCUT2D eigenvalue weighted by atomic mass is 32.2. The van der Waals surface area contributed by atoms with E-state index in [4.69, 9.17) is 5.73 Å². The van der Waals surface area contributed by atoms with Gasteiger partial charge >= 0.3 is 11.5 Å². The number of halogens is 3. The molecule has 0 aliphatic carbocycles. The number of hydrogen-bond donors (Lipinski definition) is 1. The summed E-state index contributed by atoms with van der Waals surface area (Å²) in [6.07, 6.45) is 1.46. The van der Waals surface area contributed by atoms with Crippen LogP contribution in [0.2, 0.25) is 0 Å². The number of para-hydroxylation sites is 1. The van der Waals surface area contributed by atoms with Gasteiger partial charge in [0.25, 0.3) is 15.7 Å². The molecule has 2 N–H and O–H groups in total. The van der Waals surface area contributed by atoms with Crippen molar-refractivity contribution in [1.29, 1.82) is 0 Å². The largest absolute Gasteiger partial charge is 0.501 e. The maximum Gasteiger partial charge on any atom is 0.501 e. The Morgan fingerprint density at radius 2 is 1.69 bits per heavy atom. The molecule has 0 unspecified atom stereocenters. The monoisotopic (exact) mass is 464 g/mol. The van der Waals surface area contributed by atoms with Crippen LogP contribution in [0.25, 0.3) is 10.9 Å². The van der Waals surface area contributed by atoms with Crippen LogP contribution in [-0.2, 0) is 21.2 Å². The molecule has 0 atom stereocenters. The molecule has 1 aromatic heterocycles. The lowest BCUT2D eigenvalue weighted by Gasteiger charge is -2.19. The lowest BCUT2D eigenvalue weighted by atomic mass is 10.1. The minimum atomic E-state index is -5.54. The number of nitrogens with zero attached hydrogens (tertiary/aromatic N) is 3. The van der Waals surface area contributed by atoms with Gasteiger partial charge in [-0.3, -0.25) is 9.78 Å². The Labute approximate surface area is 180 Å². The fraction of sp³-hybridized carbons (Fsp3) is 0.150. The molecule has 3 amide bonds. The summed E-state index contributed by atoms with van der Waals surface area (Å²) in [4.78, 5) is 30.6. The summed E-state index contributed by atoms with van der Waals surface area (Å²) in [6, 6.07) is 9.80. The number of carbonyl (C=O) groups excluding carboxylic acids is 2. The summed E-state index contributed by atoms with van der Waals surface area (Å²) >= 11 is 0. The molecule has 3 aromatic rings. The molecule has 2 heterocycles. The van der Waals surface area contributed by atoms with Crippen molar-refractivity contribution in [3.8, 4) is 0 Å². The van der Waals surface area contributed by atoms with Crippen molar-refractivity contribution < 1.29 is 31.2 Å². The summed E-state index contributed by atoms with van der Waals surface area (Å²) in [5, 5.41) is 0.716. The van der Waals surface area contributed by atoms with Gasteiger partial charge in [0.15, 0.2) is 0 Å². The number of alkyl halides is 3. The zero-order chi connectivity index (χ0) is 23.3. The summed E-state index contributed by atoms with van der Waals surface area (Å²) in [6.45, 7) is -0.270. The lowest BCUT2D eigenvalue weighted by Crippen LogP contribution is -2.33. The Morgan fingerprint density at radius 3 is 2.34 bits per heavy atom. The van der Waals surface area contributed by atoms with Gasteiger partial charge in [-0.15, -0.1) is 0 Å². The predicted molar refractivity (Wildman–Crippen MR) is 109 cm³/mol. The standard InChI is InChI=1S/C20H15F3N4O4S/c21-20(22,23)32(30,31)13-7-5-12(6-8-13)27-18(28)11-26(19(27)29)10-15-14-3-1-2-4-17(14)25-9-16(15)24/h1-9H,10-11,24H2. The van der Waals surface area contributed by atoms with Crippen LogP contribution in [-0.4, -0.2) is 42.3 Å². The number of urea groups is 1. The van der Waals surface area contributed by atoms with Gasteiger partial charge in [0.2, 0.25) is 0 Å². The molecule has 1 fully saturated rings. The van der Waals surface area contributed by atoms with Crippen LogP contribution in [0.4, 0.5) is 29.3 Å². The number of carbonyl (C=O) groups is 2. The molecular weight excluding hydrogens is 449 g/mol. The average Bonchev–Trinajstić information content (AvgIpc) is 3.02. The summed E-state index contributed by atoms with van der Waals surface area (Å²) in [7, 11) is -5.54. The van der Waals surface area contributed by atoms with Crippen LogP contribution < -0.4 is 10.6 Å².